The molecule has 1 heterocycles. The highest BCUT2D eigenvalue weighted by Gasteiger charge is 2.38. The highest BCUT2D eigenvalue weighted by atomic mass is 16.5. The third-order valence-electron chi connectivity index (χ3n) is 5.70. The molecule has 1 atom stereocenters. The van der Waals surface area contributed by atoms with Crippen LogP contribution in [0.2, 0.25) is 0 Å². The summed E-state index contributed by atoms with van der Waals surface area (Å²) in [4.78, 5) is 25.4. The number of nitrogens with one attached hydrogen (secondary N) is 1. The van der Waals surface area contributed by atoms with Crippen molar-refractivity contribution in [2.45, 2.75) is 46.1 Å². The predicted molar refractivity (Wildman–Crippen MR) is 129 cm³/mol. The Morgan fingerprint density at radius 1 is 1.03 bits per heavy atom. The van der Waals surface area contributed by atoms with Crippen molar-refractivity contribution in [3.63, 3.8) is 0 Å². The smallest absolute Gasteiger partial charge is 0.336 e. The molecule has 7 heteroatoms. The van der Waals surface area contributed by atoms with Crippen molar-refractivity contribution < 1.29 is 28.9 Å². The molecule has 2 aromatic rings. The van der Waals surface area contributed by atoms with Crippen LogP contribution in [0.1, 0.15) is 50.7 Å². The Labute approximate surface area is 200 Å². The maximum Gasteiger partial charge on any atom is 0.336 e. The first-order valence-electron chi connectivity index (χ1n) is 11.3. The number of carboxylic acid groups (broad SMARTS) is 1. The molecule has 0 amide bonds. The summed E-state index contributed by atoms with van der Waals surface area (Å²) in [6.07, 6.45) is 1.62. The zero-order valence-corrected chi connectivity index (χ0v) is 20.0. The molecular formula is C27H31NO6. The lowest BCUT2D eigenvalue weighted by atomic mass is 9.80. The van der Waals surface area contributed by atoms with E-state index in [-0.39, 0.29) is 24.4 Å². The monoisotopic (exact) mass is 465 g/mol. The van der Waals surface area contributed by atoms with E-state index in [1.807, 2.05) is 37.3 Å². The lowest BCUT2D eigenvalue weighted by Gasteiger charge is -2.30. The third kappa shape index (κ3) is 5.60. The average Bonchev–Trinajstić information content (AvgIpc) is 2.82. The summed E-state index contributed by atoms with van der Waals surface area (Å²) in [5, 5.41) is 13.1. The van der Waals surface area contributed by atoms with E-state index in [0.29, 0.717) is 22.7 Å². The molecule has 0 radical (unpaired) electrons. The van der Waals surface area contributed by atoms with Gasteiger partial charge in [-0.1, -0.05) is 43.7 Å². The van der Waals surface area contributed by atoms with Crippen LogP contribution >= 0.6 is 0 Å². The van der Waals surface area contributed by atoms with E-state index in [9.17, 15) is 14.7 Å². The highest BCUT2D eigenvalue weighted by molar-refractivity contribution is 5.99. The Morgan fingerprint density at radius 3 is 2.47 bits per heavy atom. The molecule has 34 heavy (non-hydrogen) atoms. The normalized spacial score (nSPS) is 15.6. The number of rotatable bonds is 10. The van der Waals surface area contributed by atoms with Gasteiger partial charge in [0.1, 0.15) is 18.1 Å². The minimum Gasteiger partial charge on any atom is -0.497 e. The Morgan fingerprint density at radius 2 is 1.76 bits per heavy atom. The van der Waals surface area contributed by atoms with Gasteiger partial charge in [-0.05, 0) is 44.0 Å². The van der Waals surface area contributed by atoms with E-state index < -0.39 is 17.9 Å². The molecule has 0 spiro atoms. The molecule has 0 saturated carbocycles. The topological polar surface area (TPSA) is 94.1 Å². The second-order valence-electron chi connectivity index (χ2n) is 8.11. The van der Waals surface area contributed by atoms with E-state index in [1.165, 1.54) is 0 Å². The average molecular weight is 466 g/mol. The van der Waals surface area contributed by atoms with Gasteiger partial charge >= 0.3 is 11.9 Å². The molecule has 3 rings (SSSR count). The van der Waals surface area contributed by atoms with Crippen LogP contribution in [0.15, 0.2) is 71.1 Å². The fourth-order valence-electron chi connectivity index (χ4n) is 4.02. The van der Waals surface area contributed by atoms with Crippen LogP contribution in [-0.2, 0) is 20.9 Å². The van der Waals surface area contributed by atoms with Crippen LogP contribution in [0.3, 0.4) is 0 Å². The first-order chi connectivity index (χ1) is 16.4. The van der Waals surface area contributed by atoms with Gasteiger partial charge in [0.2, 0.25) is 0 Å². The number of para-hydroxylation sites is 1. The number of unbranched alkanes of at least 4 members (excludes halogenated alkanes) is 1. The van der Waals surface area contributed by atoms with Gasteiger partial charge in [0, 0.05) is 17.0 Å². The molecule has 7 nitrogen and oxygen atoms in total. The van der Waals surface area contributed by atoms with Crippen LogP contribution in [-0.4, -0.2) is 30.8 Å². The zero-order valence-electron chi connectivity index (χ0n) is 20.0. The van der Waals surface area contributed by atoms with E-state index in [0.717, 1.165) is 24.2 Å². The summed E-state index contributed by atoms with van der Waals surface area (Å²) in [6.45, 7) is 5.99. The first-order valence-corrected chi connectivity index (χ1v) is 11.3. The second kappa shape index (κ2) is 11.4. The summed E-state index contributed by atoms with van der Waals surface area (Å²) in [6, 6.07) is 14.7. The number of methoxy groups -OCH3 is 1. The maximum atomic E-state index is 13.1. The second-order valence-corrected chi connectivity index (χ2v) is 8.11. The summed E-state index contributed by atoms with van der Waals surface area (Å²) in [7, 11) is 1.60. The Hall–Kier alpha value is -3.74. The molecule has 1 unspecified atom stereocenters. The maximum absolute atomic E-state index is 13.1. The molecule has 0 aliphatic carbocycles. The number of dihydropyridines is 1. The van der Waals surface area contributed by atoms with Gasteiger partial charge in [-0.25, -0.2) is 9.59 Å². The van der Waals surface area contributed by atoms with Crippen molar-refractivity contribution in [3.8, 4) is 11.5 Å². The number of carboxylic acids is 1. The lowest BCUT2D eigenvalue weighted by molar-refractivity contribution is -0.139. The third-order valence-corrected chi connectivity index (χ3v) is 5.70. The van der Waals surface area contributed by atoms with E-state index >= 15 is 0 Å². The highest BCUT2D eigenvalue weighted by Crippen LogP contribution is 2.42. The minimum atomic E-state index is -1.11. The molecule has 0 aromatic heterocycles. The Bertz CT molecular complexity index is 1120. The Kier molecular flexibility index (Phi) is 8.35. The van der Waals surface area contributed by atoms with Crippen molar-refractivity contribution in [2.24, 2.45) is 0 Å². The van der Waals surface area contributed by atoms with Crippen LogP contribution in [0.4, 0.5) is 0 Å². The van der Waals surface area contributed by atoms with Crippen molar-refractivity contribution in [2.75, 3.05) is 13.7 Å². The number of carbonyl (C=O) groups excluding carboxylic acids is 1. The number of allylic oxidation sites excluding steroid dienone is 2. The van der Waals surface area contributed by atoms with E-state index in [1.54, 1.807) is 39.2 Å². The van der Waals surface area contributed by atoms with Gasteiger partial charge in [0.05, 0.1) is 30.8 Å². The standard InChI is InChI=1S/C27H31NO6/c1-5-6-14-33-27(31)24-18(3)28-17(2)23(26(29)30)25(24)21-12-7-8-13-22(21)34-16-19-10-9-11-20(15-19)32-4/h7-13,15,25,28H,5-6,14,16H2,1-4H3,(H,29,30). The molecule has 0 bridgehead atoms. The van der Waals surface area contributed by atoms with Gasteiger partial charge in [0.15, 0.2) is 0 Å². The molecule has 180 valence electrons. The van der Waals surface area contributed by atoms with Crippen LogP contribution in [0.25, 0.3) is 0 Å². The van der Waals surface area contributed by atoms with Crippen LogP contribution in [0.5, 0.6) is 11.5 Å². The first kappa shape index (κ1) is 24.9. The van der Waals surface area contributed by atoms with Gasteiger partial charge in [-0.15, -0.1) is 0 Å². The van der Waals surface area contributed by atoms with Crippen molar-refractivity contribution >= 4 is 11.9 Å². The van der Waals surface area contributed by atoms with Gasteiger partial charge in [-0.3, -0.25) is 0 Å². The van der Waals surface area contributed by atoms with E-state index in [4.69, 9.17) is 14.2 Å². The molecule has 1 aliphatic rings. The molecule has 2 aromatic carbocycles. The Balaban J connectivity index is 2.01. The number of benzene rings is 2. The summed E-state index contributed by atoms with van der Waals surface area (Å²) in [5.41, 5.74) is 2.89. The largest absolute Gasteiger partial charge is 0.497 e. The van der Waals surface area contributed by atoms with Gasteiger partial charge in [0.25, 0.3) is 0 Å². The van der Waals surface area contributed by atoms with Gasteiger partial charge in [-0.2, -0.15) is 0 Å². The quantitative estimate of drug-likeness (QED) is 0.379. The summed E-state index contributed by atoms with van der Waals surface area (Å²) in [5.74, 6) is -1.26. The number of esters is 1. The minimum absolute atomic E-state index is 0.0884. The summed E-state index contributed by atoms with van der Waals surface area (Å²) < 4.78 is 16.9. The molecule has 1 aliphatic heterocycles. The fraction of sp³-hybridized carbons (Fsp3) is 0.333. The van der Waals surface area contributed by atoms with Gasteiger partial charge < -0.3 is 24.6 Å². The number of carbonyl (C=O) groups is 2. The molecular weight excluding hydrogens is 434 g/mol. The number of aliphatic carboxylic acids is 1. The fourth-order valence-corrected chi connectivity index (χ4v) is 4.02. The van der Waals surface area contributed by atoms with Crippen molar-refractivity contribution in [3.05, 3.63) is 82.2 Å². The van der Waals surface area contributed by atoms with Crippen LogP contribution in [0, 0.1) is 0 Å². The summed E-state index contributed by atoms with van der Waals surface area (Å²) >= 11 is 0. The number of hydrogen-bond acceptors (Lipinski definition) is 6. The lowest BCUT2D eigenvalue weighted by Crippen LogP contribution is -2.32. The number of ether oxygens (including phenoxy) is 3. The SMILES string of the molecule is CCCCOC(=O)C1=C(C)NC(C)=C(C(=O)O)C1c1ccccc1OCc1cccc(OC)c1. The predicted octanol–water partition coefficient (Wildman–Crippen LogP) is 4.94. The zero-order chi connectivity index (χ0) is 24.7. The van der Waals surface area contributed by atoms with Crippen molar-refractivity contribution in [1.82, 2.24) is 5.32 Å². The van der Waals surface area contributed by atoms with E-state index in [2.05, 4.69) is 5.32 Å². The van der Waals surface area contributed by atoms with Crippen molar-refractivity contribution in [1.29, 1.82) is 0 Å². The molecule has 2 N–H and O–H groups in total. The molecule has 0 fully saturated rings. The molecule has 0 saturated heterocycles. The number of hydrogen-bond donors (Lipinski definition) is 2. The van der Waals surface area contributed by atoms with Crippen LogP contribution < -0.4 is 14.8 Å².